The number of nitrogens with zero attached hydrogens (tertiary/aromatic N) is 1. The molecule has 2 atom stereocenters. The Hall–Kier alpha value is -1.33. The zero-order chi connectivity index (χ0) is 18.0. The number of ether oxygens (including phenoxy) is 1. The number of hydrogen-bond acceptors (Lipinski definition) is 4. The summed E-state index contributed by atoms with van der Waals surface area (Å²) in [7, 11) is 0. The van der Waals surface area contributed by atoms with Crippen molar-refractivity contribution in [1.82, 2.24) is 4.90 Å². The lowest BCUT2D eigenvalue weighted by Gasteiger charge is -2.41. The van der Waals surface area contributed by atoms with Gasteiger partial charge in [0.15, 0.2) is 0 Å². The molecule has 2 unspecified atom stereocenters. The zero-order valence-corrected chi connectivity index (χ0v) is 16.5. The summed E-state index contributed by atoms with van der Waals surface area (Å²) in [6.45, 7) is 5.93. The normalized spacial score (nSPS) is 20.5. The summed E-state index contributed by atoms with van der Waals surface area (Å²) in [5.74, 6) is 0. The van der Waals surface area contributed by atoms with E-state index in [2.05, 4.69) is 18.5 Å². The first-order valence-electron chi connectivity index (χ1n) is 8.77. The van der Waals surface area contributed by atoms with E-state index >= 15 is 0 Å². The Morgan fingerprint density at radius 2 is 2.32 bits per heavy atom. The summed E-state index contributed by atoms with van der Waals surface area (Å²) in [5, 5.41) is 4.71. The van der Waals surface area contributed by atoms with E-state index in [4.69, 9.17) is 16.3 Å². The zero-order valence-electron chi connectivity index (χ0n) is 15.0. The Kier molecular flexibility index (Phi) is 5.85. The van der Waals surface area contributed by atoms with Crippen LogP contribution in [0.4, 0.5) is 10.5 Å². The van der Waals surface area contributed by atoms with Crippen LogP contribution in [0.25, 0.3) is 5.57 Å². The van der Waals surface area contributed by atoms with Gasteiger partial charge < -0.3 is 15.0 Å². The first-order valence-corrected chi connectivity index (χ1v) is 10.4. The Morgan fingerprint density at radius 1 is 1.52 bits per heavy atom. The number of nitrogens with one attached hydrogen (secondary N) is 1. The van der Waals surface area contributed by atoms with Gasteiger partial charge in [-0.2, -0.15) is 11.8 Å². The van der Waals surface area contributed by atoms with Gasteiger partial charge in [-0.15, -0.1) is 0 Å². The summed E-state index contributed by atoms with van der Waals surface area (Å²) in [6.07, 6.45) is 3.68. The molecule has 0 radical (unpaired) electrons. The van der Waals surface area contributed by atoms with Gasteiger partial charge >= 0.3 is 6.09 Å². The van der Waals surface area contributed by atoms with Crippen molar-refractivity contribution in [2.75, 3.05) is 31.3 Å². The third-order valence-corrected chi connectivity index (χ3v) is 6.24. The summed E-state index contributed by atoms with van der Waals surface area (Å²) in [5.41, 5.74) is 4.95. The van der Waals surface area contributed by atoms with Crippen molar-refractivity contribution in [1.29, 1.82) is 0 Å². The number of benzene rings is 1. The van der Waals surface area contributed by atoms with E-state index in [1.807, 2.05) is 41.8 Å². The molecule has 1 N–H and O–H groups in total. The van der Waals surface area contributed by atoms with E-state index < -0.39 is 0 Å². The number of halogens is 1. The van der Waals surface area contributed by atoms with Gasteiger partial charge in [0.1, 0.15) is 0 Å². The fraction of sp³-hybridized carbons (Fsp3) is 0.526. The highest BCUT2D eigenvalue weighted by Crippen LogP contribution is 2.41. The molecule has 4 nitrogen and oxygen atoms in total. The first kappa shape index (κ1) is 18.5. The van der Waals surface area contributed by atoms with Crippen molar-refractivity contribution in [3.63, 3.8) is 0 Å². The minimum absolute atomic E-state index is 0.0740. The lowest BCUT2D eigenvalue weighted by atomic mass is 9.83. The molecule has 0 aliphatic carbocycles. The molecule has 0 spiro atoms. The van der Waals surface area contributed by atoms with Gasteiger partial charge in [-0.1, -0.05) is 18.5 Å². The smallest absolute Gasteiger partial charge is 0.410 e. The van der Waals surface area contributed by atoms with Crippen LogP contribution in [0.1, 0.15) is 32.3 Å². The predicted molar refractivity (Wildman–Crippen MR) is 107 cm³/mol. The molecule has 1 aromatic rings. The summed E-state index contributed by atoms with van der Waals surface area (Å²) >= 11 is 8.06. The third kappa shape index (κ3) is 3.77. The maximum atomic E-state index is 12.5. The van der Waals surface area contributed by atoms with Gasteiger partial charge in [0.05, 0.1) is 12.6 Å². The van der Waals surface area contributed by atoms with Crippen molar-refractivity contribution in [2.45, 2.75) is 38.0 Å². The van der Waals surface area contributed by atoms with E-state index in [1.165, 1.54) is 16.7 Å². The topological polar surface area (TPSA) is 41.6 Å². The fourth-order valence-corrected chi connectivity index (χ4v) is 4.23. The number of carbonyl (C=O) groups excluding carboxylic acids is 1. The lowest BCUT2D eigenvalue weighted by Crippen LogP contribution is -2.48. The second kappa shape index (κ2) is 7.92. The van der Waals surface area contributed by atoms with Gasteiger partial charge in [0.25, 0.3) is 0 Å². The number of carbonyl (C=O) groups is 1. The summed E-state index contributed by atoms with van der Waals surface area (Å²) < 4.78 is 5.31. The fourth-order valence-electron chi connectivity index (χ4n) is 3.69. The van der Waals surface area contributed by atoms with Gasteiger partial charge in [-0.25, -0.2) is 4.79 Å². The molecule has 0 saturated carbocycles. The largest absolute Gasteiger partial charge is 0.450 e. The SMILES string of the molecule is CCOC(=O)N1CCC2=C(CNc3ccc(Cl)cc32)C1CC(C)SC. The minimum Gasteiger partial charge on any atom is -0.450 e. The number of thioether (sulfide) groups is 1. The van der Waals surface area contributed by atoms with Crippen LogP contribution in [0, 0.1) is 0 Å². The Balaban J connectivity index is 1.99. The summed E-state index contributed by atoms with van der Waals surface area (Å²) in [4.78, 5) is 14.4. The summed E-state index contributed by atoms with van der Waals surface area (Å²) in [6, 6.07) is 6.07. The van der Waals surface area contributed by atoms with Crippen molar-refractivity contribution < 1.29 is 9.53 Å². The quantitative estimate of drug-likeness (QED) is 0.807. The standard InChI is InChI=1S/C19H25ClN2O2S/c1-4-24-19(23)22-8-7-14-15-10-13(20)5-6-17(15)21-11-16(14)18(22)9-12(2)25-3/h5-6,10,12,18,21H,4,7-9,11H2,1-3H3. The van der Waals surface area contributed by atoms with Crippen molar-refractivity contribution in [2.24, 2.45) is 0 Å². The molecule has 2 aliphatic heterocycles. The highest BCUT2D eigenvalue weighted by Gasteiger charge is 2.36. The molecule has 136 valence electrons. The van der Waals surface area contributed by atoms with E-state index in [1.54, 1.807) is 0 Å². The average molecular weight is 381 g/mol. The van der Waals surface area contributed by atoms with Crippen LogP contribution in [-0.4, -0.2) is 48.2 Å². The lowest BCUT2D eigenvalue weighted by molar-refractivity contribution is 0.0931. The van der Waals surface area contributed by atoms with Crippen molar-refractivity contribution in [3.8, 4) is 0 Å². The van der Waals surface area contributed by atoms with Crippen LogP contribution >= 0.6 is 23.4 Å². The number of fused-ring (bicyclic) bond motifs is 2. The Labute approximate surface area is 158 Å². The van der Waals surface area contributed by atoms with E-state index in [0.717, 1.165) is 30.1 Å². The Bertz CT molecular complexity index is 692. The molecular weight excluding hydrogens is 356 g/mol. The Morgan fingerprint density at radius 3 is 3.04 bits per heavy atom. The van der Waals surface area contributed by atoms with Crippen LogP contribution in [0.2, 0.25) is 5.02 Å². The van der Waals surface area contributed by atoms with Crippen LogP contribution in [0.3, 0.4) is 0 Å². The van der Waals surface area contributed by atoms with Gasteiger partial charge in [-0.05, 0) is 55.4 Å². The first-order chi connectivity index (χ1) is 12.0. The molecule has 2 aliphatic rings. The molecule has 0 fully saturated rings. The molecule has 1 amide bonds. The van der Waals surface area contributed by atoms with Crippen LogP contribution < -0.4 is 5.32 Å². The number of hydrogen-bond donors (Lipinski definition) is 1. The highest BCUT2D eigenvalue weighted by atomic mass is 35.5. The highest BCUT2D eigenvalue weighted by molar-refractivity contribution is 7.99. The van der Waals surface area contributed by atoms with Crippen LogP contribution in [0.5, 0.6) is 0 Å². The van der Waals surface area contributed by atoms with Gasteiger partial charge in [0.2, 0.25) is 0 Å². The second-order valence-corrected chi connectivity index (χ2v) is 8.20. The molecule has 0 aromatic heterocycles. The minimum atomic E-state index is -0.204. The molecule has 6 heteroatoms. The van der Waals surface area contributed by atoms with Crippen molar-refractivity contribution >= 4 is 40.7 Å². The molecule has 2 heterocycles. The monoisotopic (exact) mass is 380 g/mol. The number of amides is 1. The van der Waals surface area contributed by atoms with Crippen LogP contribution in [-0.2, 0) is 4.74 Å². The predicted octanol–water partition coefficient (Wildman–Crippen LogP) is 4.89. The van der Waals surface area contributed by atoms with E-state index in [-0.39, 0.29) is 12.1 Å². The molecule has 1 aromatic carbocycles. The van der Waals surface area contributed by atoms with Crippen LogP contribution in [0.15, 0.2) is 23.8 Å². The van der Waals surface area contributed by atoms with Gasteiger partial charge in [0, 0.05) is 34.6 Å². The second-order valence-electron chi connectivity index (χ2n) is 6.49. The van der Waals surface area contributed by atoms with E-state index in [9.17, 15) is 4.79 Å². The molecule has 0 saturated heterocycles. The number of anilines is 1. The molecule has 25 heavy (non-hydrogen) atoms. The van der Waals surface area contributed by atoms with E-state index in [0.29, 0.717) is 18.4 Å². The molecule has 3 rings (SSSR count). The molecular formula is C19H25ClN2O2S. The average Bonchev–Trinajstić information content (AvgIpc) is 2.61. The maximum absolute atomic E-state index is 12.5. The number of rotatable bonds is 4. The third-order valence-electron chi connectivity index (χ3n) is 5.00. The molecule has 0 bridgehead atoms. The maximum Gasteiger partial charge on any atom is 0.410 e. The van der Waals surface area contributed by atoms with Gasteiger partial charge in [-0.3, -0.25) is 0 Å². The van der Waals surface area contributed by atoms with Crippen molar-refractivity contribution in [3.05, 3.63) is 34.4 Å².